The number of rotatable bonds is 6. The van der Waals surface area contributed by atoms with E-state index >= 15 is 0 Å². The number of carbonyl (C=O) groups is 3. The molecule has 0 fully saturated rings. The lowest BCUT2D eigenvalue weighted by Gasteiger charge is -2.21. The second kappa shape index (κ2) is 10.1. The van der Waals surface area contributed by atoms with Gasteiger partial charge in [0.15, 0.2) is 0 Å². The van der Waals surface area contributed by atoms with E-state index in [1.165, 1.54) is 13.8 Å². The molecular formula is C22H19F6NO5. The molecule has 0 aliphatic rings. The number of halogens is 6. The zero-order valence-electron chi connectivity index (χ0n) is 18.1. The van der Waals surface area contributed by atoms with Gasteiger partial charge in [-0.3, -0.25) is 4.79 Å². The Morgan fingerprint density at radius 3 is 1.47 bits per heavy atom. The van der Waals surface area contributed by atoms with E-state index in [2.05, 4.69) is 0 Å². The average molecular weight is 491 g/mol. The molecule has 0 N–H and O–H groups in total. The molecule has 0 saturated carbocycles. The zero-order chi connectivity index (χ0) is 25.8. The molecule has 34 heavy (non-hydrogen) atoms. The molecule has 184 valence electrons. The van der Waals surface area contributed by atoms with Crippen molar-refractivity contribution in [1.82, 2.24) is 0 Å². The van der Waals surface area contributed by atoms with Gasteiger partial charge in [-0.1, -0.05) is 0 Å². The molecular weight excluding hydrogens is 472 g/mol. The number of alkyl halides is 6. The zero-order valence-corrected chi connectivity index (χ0v) is 18.1. The van der Waals surface area contributed by atoms with Crippen LogP contribution in [0.2, 0.25) is 0 Å². The first kappa shape index (κ1) is 26.7. The highest BCUT2D eigenvalue weighted by atomic mass is 19.4. The highest BCUT2D eigenvalue weighted by Crippen LogP contribution is 2.36. The predicted molar refractivity (Wildman–Crippen MR) is 108 cm³/mol. The van der Waals surface area contributed by atoms with Crippen molar-refractivity contribution in [2.45, 2.75) is 26.2 Å². The molecule has 2 rings (SSSR count). The molecule has 1 amide bonds. The van der Waals surface area contributed by atoms with Gasteiger partial charge in [0.2, 0.25) is 0 Å². The Balaban J connectivity index is 2.60. The quantitative estimate of drug-likeness (QED) is 0.402. The molecule has 0 aliphatic heterocycles. The van der Waals surface area contributed by atoms with Gasteiger partial charge in [-0.05, 0) is 50.2 Å². The molecule has 2 aromatic rings. The largest absolute Gasteiger partial charge is 0.462 e. The molecule has 0 spiro atoms. The van der Waals surface area contributed by atoms with Crippen LogP contribution in [0, 0.1) is 0 Å². The van der Waals surface area contributed by atoms with Crippen LogP contribution in [-0.2, 0) is 21.8 Å². The van der Waals surface area contributed by atoms with E-state index in [1.807, 2.05) is 0 Å². The standard InChI is InChI=1S/C22H19F6NO5/c1-4-33-19(31)13-6-14(20(32)34-5-2)10-17(9-13)29(3)18(30)12-7-15(21(23,24)25)11-16(8-12)22(26,27)28/h6-11H,4-5H2,1-3H3. The fourth-order valence-corrected chi connectivity index (χ4v) is 2.86. The van der Waals surface area contributed by atoms with E-state index in [9.17, 15) is 40.7 Å². The summed E-state index contributed by atoms with van der Waals surface area (Å²) in [4.78, 5) is 37.9. The number of ether oxygens (including phenoxy) is 2. The van der Waals surface area contributed by atoms with Crippen LogP contribution < -0.4 is 4.90 Å². The lowest BCUT2D eigenvalue weighted by molar-refractivity contribution is -0.143. The lowest BCUT2D eigenvalue weighted by atomic mass is 10.0. The Morgan fingerprint density at radius 1 is 0.706 bits per heavy atom. The van der Waals surface area contributed by atoms with Crippen molar-refractivity contribution in [3.8, 4) is 0 Å². The first-order valence-electron chi connectivity index (χ1n) is 9.75. The summed E-state index contributed by atoms with van der Waals surface area (Å²) in [6, 6.07) is 3.82. The highest BCUT2D eigenvalue weighted by molar-refractivity contribution is 6.07. The third-order valence-corrected chi connectivity index (χ3v) is 4.47. The minimum atomic E-state index is -5.14. The van der Waals surface area contributed by atoms with Crippen LogP contribution in [0.3, 0.4) is 0 Å². The fourth-order valence-electron chi connectivity index (χ4n) is 2.86. The minimum absolute atomic E-state index is 0.0168. The van der Waals surface area contributed by atoms with Gasteiger partial charge in [0.25, 0.3) is 5.91 Å². The minimum Gasteiger partial charge on any atom is -0.462 e. The van der Waals surface area contributed by atoms with Gasteiger partial charge in [0.05, 0.1) is 35.5 Å². The second-order valence-electron chi connectivity index (χ2n) is 6.87. The average Bonchev–Trinajstić information content (AvgIpc) is 2.76. The van der Waals surface area contributed by atoms with Gasteiger partial charge in [-0.25, -0.2) is 9.59 Å². The maximum Gasteiger partial charge on any atom is 0.416 e. The molecule has 0 atom stereocenters. The van der Waals surface area contributed by atoms with Crippen molar-refractivity contribution in [3.63, 3.8) is 0 Å². The van der Waals surface area contributed by atoms with E-state index in [4.69, 9.17) is 9.47 Å². The normalized spacial score (nSPS) is 11.7. The number of esters is 2. The number of hydrogen-bond acceptors (Lipinski definition) is 5. The third-order valence-electron chi connectivity index (χ3n) is 4.47. The Kier molecular flexibility index (Phi) is 7.96. The number of nitrogens with zero attached hydrogens (tertiary/aromatic N) is 1. The van der Waals surface area contributed by atoms with Crippen molar-refractivity contribution in [2.24, 2.45) is 0 Å². The summed E-state index contributed by atoms with van der Waals surface area (Å²) in [5.74, 6) is -2.98. The van der Waals surface area contributed by atoms with E-state index in [0.29, 0.717) is 4.90 Å². The van der Waals surface area contributed by atoms with Crippen molar-refractivity contribution in [1.29, 1.82) is 0 Å². The summed E-state index contributed by atoms with van der Waals surface area (Å²) < 4.78 is 88.7. The molecule has 0 aromatic heterocycles. The van der Waals surface area contributed by atoms with E-state index < -0.39 is 46.9 Å². The molecule has 0 radical (unpaired) electrons. The molecule has 12 heteroatoms. The van der Waals surface area contributed by atoms with Crippen LogP contribution >= 0.6 is 0 Å². The van der Waals surface area contributed by atoms with Gasteiger partial charge in [-0.15, -0.1) is 0 Å². The van der Waals surface area contributed by atoms with E-state index in [-0.39, 0.29) is 48.2 Å². The molecule has 2 aromatic carbocycles. The molecule has 0 heterocycles. The summed E-state index contributed by atoms with van der Waals surface area (Å²) in [5.41, 5.74) is -4.74. The fraction of sp³-hybridized carbons (Fsp3) is 0.318. The smallest absolute Gasteiger partial charge is 0.416 e. The third kappa shape index (κ3) is 6.27. The number of carbonyl (C=O) groups excluding carboxylic acids is 3. The number of benzene rings is 2. The Hall–Kier alpha value is -3.57. The van der Waals surface area contributed by atoms with Crippen molar-refractivity contribution in [2.75, 3.05) is 25.2 Å². The summed E-state index contributed by atoms with van der Waals surface area (Å²) in [7, 11) is 1.06. The summed E-state index contributed by atoms with van der Waals surface area (Å²) in [6.07, 6.45) is -10.3. The Bertz CT molecular complexity index is 1030. The van der Waals surface area contributed by atoms with Crippen LogP contribution in [-0.4, -0.2) is 38.1 Å². The summed E-state index contributed by atoms with van der Waals surface area (Å²) >= 11 is 0. The SMILES string of the molecule is CCOC(=O)c1cc(C(=O)OCC)cc(N(C)C(=O)c2cc(C(F)(F)F)cc(C(F)(F)F)c2)c1. The van der Waals surface area contributed by atoms with Crippen LogP contribution in [0.1, 0.15) is 56.0 Å². The highest BCUT2D eigenvalue weighted by Gasteiger charge is 2.38. The maximum atomic E-state index is 13.2. The summed E-state index contributed by atoms with van der Waals surface area (Å²) in [5, 5.41) is 0. The summed E-state index contributed by atoms with van der Waals surface area (Å²) in [6.45, 7) is 3.01. The predicted octanol–water partition coefficient (Wildman–Crippen LogP) is 5.35. The van der Waals surface area contributed by atoms with Gasteiger partial charge < -0.3 is 14.4 Å². The number of amides is 1. The van der Waals surface area contributed by atoms with E-state index in [0.717, 1.165) is 25.2 Å². The van der Waals surface area contributed by atoms with Gasteiger partial charge in [0.1, 0.15) is 0 Å². The van der Waals surface area contributed by atoms with Gasteiger partial charge in [0, 0.05) is 18.3 Å². The van der Waals surface area contributed by atoms with Crippen molar-refractivity contribution < 1.29 is 50.2 Å². The van der Waals surface area contributed by atoms with Crippen LogP contribution in [0.15, 0.2) is 36.4 Å². The van der Waals surface area contributed by atoms with Crippen LogP contribution in [0.5, 0.6) is 0 Å². The maximum absolute atomic E-state index is 13.2. The van der Waals surface area contributed by atoms with Gasteiger partial charge in [-0.2, -0.15) is 26.3 Å². The molecule has 6 nitrogen and oxygen atoms in total. The topological polar surface area (TPSA) is 72.9 Å². The molecule has 0 bridgehead atoms. The number of hydrogen-bond donors (Lipinski definition) is 0. The second-order valence-corrected chi connectivity index (χ2v) is 6.87. The molecule has 0 aliphatic carbocycles. The van der Waals surface area contributed by atoms with Crippen LogP contribution in [0.4, 0.5) is 32.0 Å². The van der Waals surface area contributed by atoms with E-state index in [1.54, 1.807) is 0 Å². The Morgan fingerprint density at radius 2 is 1.12 bits per heavy atom. The molecule has 0 saturated heterocycles. The first-order valence-corrected chi connectivity index (χ1v) is 9.75. The lowest BCUT2D eigenvalue weighted by Crippen LogP contribution is -2.28. The van der Waals surface area contributed by atoms with Gasteiger partial charge >= 0.3 is 24.3 Å². The van der Waals surface area contributed by atoms with Crippen molar-refractivity contribution in [3.05, 3.63) is 64.2 Å². The van der Waals surface area contributed by atoms with Crippen molar-refractivity contribution >= 4 is 23.5 Å². The number of anilines is 1. The Labute approximate surface area is 190 Å². The van der Waals surface area contributed by atoms with Crippen LogP contribution in [0.25, 0.3) is 0 Å². The first-order chi connectivity index (χ1) is 15.7. The monoisotopic (exact) mass is 491 g/mol. The molecule has 0 unspecified atom stereocenters.